The van der Waals surface area contributed by atoms with E-state index in [0.717, 1.165) is 18.7 Å². The first kappa shape index (κ1) is 20.5. The van der Waals surface area contributed by atoms with Gasteiger partial charge >= 0.3 is 6.09 Å². The Morgan fingerprint density at radius 1 is 1.39 bits per heavy atom. The Hall–Kier alpha value is -2.20. The molecular weight excluding hydrogens is 446 g/mol. The number of halogens is 1. The summed E-state index contributed by atoms with van der Waals surface area (Å²) in [6.45, 7) is 6.87. The van der Waals surface area contributed by atoms with Crippen molar-refractivity contribution < 1.29 is 14.3 Å². The second-order valence-corrected chi connectivity index (χ2v) is 9.54. The number of hydrogen-bond donors (Lipinski definition) is 2. The lowest BCUT2D eigenvalue weighted by Gasteiger charge is -2.23. The lowest BCUT2D eigenvalue weighted by Crippen LogP contribution is -2.40. The Kier molecular flexibility index (Phi) is 6.19. The van der Waals surface area contributed by atoms with Gasteiger partial charge in [-0.1, -0.05) is 0 Å². The number of ether oxygens (including phenoxy) is 1. The summed E-state index contributed by atoms with van der Waals surface area (Å²) >= 11 is 4.61. The zero-order chi connectivity index (χ0) is 20.3. The predicted octanol–water partition coefficient (Wildman–Crippen LogP) is 3.66. The third-order valence-electron chi connectivity index (χ3n) is 4.00. The highest BCUT2D eigenvalue weighted by atomic mass is 79.9. The molecule has 10 heteroatoms. The van der Waals surface area contributed by atoms with Gasteiger partial charge in [0.1, 0.15) is 11.3 Å². The van der Waals surface area contributed by atoms with E-state index in [0.29, 0.717) is 21.8 Å². The number of alkyl carbamates (subject to hydrolysis) is 1. The average Bonchev–Trinajstić information content (AvgIpc) is 3.23. The predicted molar refractivity (Wildman–Crippen MR) is 112 cm³/mol. The molecule has 8 nitrogen and oxygen atoms in total. The fourth-order valence-corrected chi connectivity index (χ4v) is 3.86. The van der Waals surface area contributed by atoms with Crippen molar-refractivity contribution in [1.82, 2.24) is 15.3 Å². The molecule has 2 aromatic rings. The molecule has 1 atom stereocenters. The van der Waals surface area contributed by atoms with Gasteiger partial charge in [0.25, 0.3) is 5.91 Å². The molecule has 0 bridgehead atoms. The van der Waals surface area contributed by atoms with E-state index in [-0.39, 0.29) is 11.9 Å². The third kappa shape index (κ3) is 5.41. The quantitative estimate of drug-likeness (QED) is 0.711. The molecule has 1 fully saturated rings. The lowest BCUT2D eigenvalue weighted by molar-refractivity contribution is 0.0509. The Morgan fingerprint density at radius 2 is 2.18 bits per heavy atom. The Labute approximate surface area is 175 Å². The largest absolute Gasteiger partial charge is 0.444 e. The van der Waals surface area contributed by atoms with Gasteiger partial charge in [0.05, 0.1) is 23.6 Å². The van der Waals surface area contributed by atoms with Gasteiger partial charge in [0.2, 0.25) is 0 Å². The van der Waals surface area contributed by atoms with Gasteiger partial charge in [0.15, 0.2) is 3.92 Å². The van der Waals surface area contributed by atoms with Crippen LogP contribution in [0.15, 0.2) is 27.8 Å². The van der Waals surface area contributed by atoms with Crippen LogP contribution < -0.4 is 15.5 Å². The molecule has 2 N–H and O–H groups in total. The summed E-state index contributed by atoms with van der Waals surface area (Å²) in [7, 11) is 0. The van der Waals surface area contributed by atoms with Crippen LogP contribution in [0.4, 0.5) is 16.2 Å². The third-order valence-corrected chi connectivity index (χ3v) is 5.37. The maximum Gasteiger partial charge on any atom is 0.407 e. The van der Waals surface area contributed by atoms with Crippen molar-refractivity contribution in [2.24, 2.45) is 0 Å². The van der Waals surface area contributed by atoms with Gasteiger partial charge in [-0.05, 0) is 49.2 Å². The molecule has 1 saturated heterocycles. The minimum atomic E-state index is -0.532. The second kappa shape index (κ2) is 8.44. The Morgan fingerprint density at radius 3 is 2.86 bits per heavy atom. The first-order chi connectivity index (χ1) is 13.2. The Balaban J connectivity index is 1.65. The number of anilines is 2. The lowest BCUT2D eigenvalue weighted by atomic mass is 10.2. The van der Waals surface area contributed by atoms with Crippen molar-refractivity contribution in [2.75, 3.05) is 23.3 Å². The van der Waals surface area contributed by atoms with Crippen molar-refractivity contribution >= 4 is 50.6 Å². The number of carbonyl (C=O) groups excluding carboxylic acids is 2. The van der Waals surface area contributed by atoms with E-state index in [9.17, 15) is 9.59 Å². The molecule has 2 amide bonds. The summed E-state index contributed by atoms with van der Waals surface area (Å²) in [5.74, 6) is -0.293. The summed E-state index contributed by atoms with van der Waals surface area (Å²) in [5.41, 5.74) is 1.27. The minimum Gasteiger partial charge on any atom is -0.444 e. The van der Waals surface area contributed by atoms with E-state index in [1.165, 1.54) is 11.3 Å². The number of amides is 2. The molecule has 2 aromatic heterocycles. The topological polar surface area (TPSA) is 96.5 Å². The fourth-order valence-electron chi connectivity index (χ4n) is 2.87. The van der Waals surface area contributed by atoms with Crippen LogP contribution >= 0.6 is 27.3 Å². The van der Waals surface area contributed by atoms with Gasteiger partial charge in [0, 0.05) is 24.7 Å². The number of hydrogen-bond acceptors (Lipinski definition) is 7. The maximum absolute atomic E-state index is 12.4. The van der Waals surface area contributed by atoms with E-state index in [4.69, 9.17) is 4.74 Å². The normalized spacial score (nSPS) is 16.7. The van der Waals surface area contributed by atoms with Crippen molar-refractivity contribution in [3.63, 3.8) is 0 Å². The van der Waals surface area contributed by atoms with Gasteiger partial charge in [-0.25, -0.2) is 9.78 Å². The fraction of sp³-hybridized carbons (Fsp3) is 0.444. The highest BCUT2D eigenvalue weighted by molar-refractivity contribution is 9.11. The van der Waals surface area contributed by atoms with E-state index in [1.807, 2.05) is 26.8 Å². The van der Waals surface area contributed by atoms with Crippen molar-refractivity contribution in [2.45, 2.75) is 38.8 Å². The SMILES string of the molecule is CC(C)(C)OC(=O)N[C@@H]1CCN(c2ccncc2NC(=O)c2csc(Br)n2)C1. The maximum atomic E-state index is 12.4. The van der Waals surface area contributed by atoms with Gasteiger partial charge in [-0.2, -0.15) is 0 Å². The Bertz CT molecular complexity index is 867. The van der Waals surface area contributed by atoms with Crippen molar-refractivity contribution in [3.05, 3.63) is 33.5 Å². The highest BCUT2D eigenvalue weighted by Crippen LogP contribution is 2.29. The van der Waals surface area contributed by atoms with Crippen LogP contribution in [-0.2, 0) is 4.74 Å². The van der Waals surface area contributed by atoms with Crippen molar-refractivity contribution in [1.29, 1.82) is 0 Å². The van der Waals surface area contributed by atoms with Gasteiger partial charge in [-0.15, -0.1) is 11.3 Å². The number of nitrogens with one attached hydrogen (secondary N) is 2. The molecule has 3 heterocycles. The van der Waals surface area contributed by atoms with E-state index in [2.05, 4.69) is 41.4 Å². The van der Waals surface area contributed by atoms with Gasteiger partial charge < -0.3 is 20.3 Å². The molecule has 3 rings (SSSR count). The van der Waals surface area contributed by atoms with Crippen LogP contribution in [0.25, 0.3) is 0 Å². The summed E-state index contributed by atoms with van der Waals surface area (Å²) in [6.07, 6.45) is 3.66. The van der Waals surface area contributed by atoms with Crippen LogP contribution in [0.3, 0.4) is 0 Å². The monoisotopic (exact) mass is 467 g/mol. The number of rotatable bonds is 4. The number of aromatic nitrogens is 2. The molecule has 0 unspecified atom stereocenters. The van der Waals surface area contributed by atoms with Gasteiger partial charge in [-0.3, -0.25) is 9.78 Å². The standard InChI is InChI=1S/C18H22BrN5O3S/c1-18(2,3)27-17(26)21-11-5-7-24(9-11)14-4-6-20-8-12(14)22-15(25)13-10-28-16(19)23-13/h4,6,8,10-11H,5,7,9H2,1-3H3,(H,21,26)(H,22,25)/t11-/m1/s1. The van der Waals surface area contributed by atoms with Crippen LogP contribution in [0, 0.1) is 0 Å². The molecule has 0 saturated carbocycles. The molecule has 0 radical (unpaired) electrons. The number of thiazole rings is 1. The van der Waals surface area contributed by atoms with Crippen molar-refractivity contribution in [3.8, 4) is 0 Å². The number of carbonyl (C=O) groups is 2. The molecule has 0 aromatic carbocycles. The first-order valence-electron chi connectivity index (χ1n) is 8.82. The van der Waals surface area contributed by atoms with Crippen LogP contribution in [-0.4, -0.2) is 46.7 Å². The average molecular weight is 468 g/mol. The summed E-state index contributed by atoms with van der Waals surface area (Å²) < 4.78 is 5.98. The van der Waals surface area contributed by atoms with E-state index in [1.54, 1.807) is 17.8 Å². The second-order valence-electron chi connectivity index (χ2n) is 7.41. The first-order valence-corrected chi connectivity index (χ1v) is 10.5. The number of nitrogens with zero attached hydrogens (tertiary/aromatic N) is 3. The molecule has 150 valence electrons. The summed E-state index contributed by atoms with van der Waals surface area (Å²) in [6, 6.07) is 1.82. The van der Waals surface area contributed by atoms with E-state index >= 15 is 0 Å². The van der Waals surface area contributed by atoms with Crippen LogP contribution in [0.2, 0.25) is 0 Å². The smallest absolute Gasteiger partial charge is 0.407 e. The molecule has 0 aliphatic carbocycles. The van der Waals surface area contributed by atoms with Crippen LogP contribution in [0.5, 0.6) is 0 Å². The molecule has 0 spiro atoms. The molecule has 1 aliphatic rings. The summed E-state index contributed by atoms with van der Waals surface area (Å²) in [5, 5.41) is 7.46. The summed E-state index contributed by atoms with van der Waals surface area (Å²) in [4.78, 5) is 34.8. The van der Waals surface area contributed by atoms with E-state index < -0.39 is 11.7 Å². The van der Waals surface area contributed by atoms with Crippen LogP contribution in [0.1, 0.15) is 37.7 Å². The molecule has 28 heavy (non-hydrogen) atoms. The number of pyridine rings is 1. The zero-order valence-electron chi connectivity index (χ0n) is 15.9. The minimum absolute atomic E-state index is 0.0268. The molecular formula is C18H22BrN5O3S. The zero-order valence-corrected chi connectivity index (χ0v) is 18.3. The highest BCUT2D eigenvalue weighted by Gasteiger charge is 2.28. The molecule has 1 aliphatic heterocycles.